The van der Waals surface area contributed by atoms with Gasteiger partial charge < -0.3 is 9.47 Å². The summed E-state index contributed by atoms with van der Waals surface area (Å²) in [6.07, 6.45) is 0.270. The van der Waals surface area contributed by atoms with Crippen LogP contribution in [0.3, 0.4) is 0 Å². The van der Waals surface area contributed by atoms with Gasteiger partial charge in [-0.2, -0.15) is 0 Å². The highest BCUT2D eigenvalue weighted by molar-refractivity contribution is 5.75. The van der Waals surface area contributed by atoms with Crippen molar-refractivity contribution in [1.29, 1.82) is 0 Å². The summed E-state index contributed by atoms with van der Waals surface area (Å²) < 4.78 is 22.8. The first-order chi connectivity index (χ1) is 8.01. The average Bonchev–Trinajstić information content (AvgIpc) is 2.24. The summed E-state index contributed by atoms with van der Waals surface area (Å²) in [5, 5.41) is 0. The molecule has 92 valence electrons. The molecule has 0 atom stereocenters. The lowest BCUT2D eigenvalue weighted by atomic mass is 10.2. The van der Waals surface area contributed by atoms with Crippen molar-refractivity contribution < 1.29 is 23.5 Å². The third-order valence-corrected chi connectivity index (χ3v) is 1.75. The van der Waals surface area contributed by atoms with E-state index >= 15 is 0 Å². The van der Waals surface area contributed by atoms with E-state index in [1.165, 1.54) is 6.07 Å². The van der Waals surface area contributed by atoms with E-state index in [9.17, 15) is 14.0 Å². The molecule has 5 heteroatoms. The molecule has 0 saturated heterocycles. The van der Waals surface area contributed by atoms with Crippen molar-refractivity contribution in [3.8, 4) is 5.75 Å². The summed E-state index contributed by atoms with van der Waals surface area (Å²) >= 11 is 0. The van der Waals surface area contributed by atoms with Gasteiger partial charge in [0.25, 0.3) is 0 Å². The van der Waals surface area contributed by atoms with Gasteiger partial charge in [-0.1, -0.05) is 0 Å². The molecule has 4 nitrogen and oxygen atoms in total. The van der Waals surface area contributed by atoms with Crippen molar-refractivity contribution in [2.75, 3.05) is 6.61 Å². The van der Waals surface area contributed by atoms with E-state index in [-0.39, 0.29) is 24.0 Å². The molecule has 1 rings (SSSR count). The van der Waals surface area contributed by atoms with Gasteiger partial charge in [-0.25, -0.2) is 9.18 Å². The molecule has 0 aromatic heterocycles. The zero-order chi connectivity index (χ0) is 12.8. The fraction of sp³-hybridized carbons (Fsp3) is 0.333. The first kappa shape index (κ1) is 13.2. The van der Waals surface area contributed by atoms with Gasteiger partial charge >= 0.3 is 5.97 Å². The second kappa shape index (κ2) is 5.98. The van der Waals surface area contributed by atoms with Crippen LogP contribution in [0.4, 0.5) is 4.39 Å². The van der Waals surface area contributed by atoms with Crippen LogP contribution in [-0.4, -0.2) is 25.0 Å². The minimum atomic E-state index is -0.596. The number of aldehydes is 1. The van der Waals surface area contributed by atoms with Gasteiger partial charge in [0.05, 0.1) is 6.10 Å². The predicted octanol–water partition coefficient (Wildman–Crippen LogP) is 1.97. The van der Waals surface area contributed by atoms with Crippen LogP contribution in [0.15, 0.2) is 18.2 Å². The molecule has 1 aromatic rings. The maximum atomic E-state index is 13.0. The van der Waals surface area contributed by atoms with Crippen molar-refractivity contribution >= 4 is 12.3 Å². The number of benzene rings is 1. The molecule has 0 bridgehead atoms. The molecule has 0 aliphatic heterocycles. The van der Waals surface area contributed by atoms with E-state index in [1.54, 1.807) is 13.8 Å². The van der Waals surface area contributed by atoms with Gasteiger partial charge in [-0.15, -0.1) is 0 Å². The first-order valence-corrected chi connectivity index (χ1v) is 5.09. The highest BCUT2D eigenvalue weighted by Gasteiger charge is 2.07. The molecule has 0 fully saturated rings. The molecule has 1 aromatic carbocycles. The lowest BCUT2D eigenvalue weighted by molar-refractivity contribution is -0.149. The van der Waals surface area contributed by atoms with Crippen LogP contribution in [0.25, 0.3) is 0 Å². The largest absolute Gasteiger partial charge is 0.482 e. The standard InChI is InChI=1S/C12H13FO4/c1-8(2)17-12(15)7-16-11-4-9(6-14)3-10(13)5-11/h3-6,8H,7H2,1-2H3. The second-order valence-electron chi connectivity index (χ2n) is 3.67. The predicted molar refractivity (Wildman–Crippen MR) is 58.5 cm³/mol. The van der Waals surface area contributed by atoms with E-state index in [4.69, 9.17) is 9.47 Å². The van der Waals surface area contributed by atoms with Crippen LogP contribution in [-0.2, 0) is 9.53 Å². The van der Waals surface area contributed by atoms with E-state index < -0.39 is 11.8 Å². The summed E-state index contributed by atoms with van der Waals surface area (Å²) in [6.45, 7) is 3.11. The van der Waals surface area contributed by atoms with Gasteiger partial charge in [0.1, 0.15) is 17.9 Å². The quantitative estimate of drug-likeness (QED) is 0.583. The molecule has 0 spiro atoms. The van der Waals surface area contributed by atoms with Crippen molar-refractivity contribution in [2.45, 2.75) is 20.0 Å². The topological polar surface area (TPSA) is 52.6 Å². The Bertz CT molecular complexity index is 415. The Balaban J connectivity index is 2.60. The summed E-state index contributed by atoms with van der Waals surface area (Å²) in [6, 6.07) is 3.51. The second-order valence-corrected chi connectivity index (χ2v) is 3.67. The SMILES string of the molecule is CC(C)OC(=O)COc1cc(F)cc(C=O)c1. The number of carbonyl (C=O) groups is 2. The molecule has 0 heterocycles. The van der Waals surface area contributed by atoms with Crippen LogP contribution < -0.4 is 4.74 Å². The Morgan fingerprint density at radius 3 is 2.71 bits per heavy atom. The molecular formula is C12H13FO4. The molecule has 0 unspecified atom stereocenters. The molecule has 0 aliphatic carbocycles. The van der Waals surface area contributed by atoms with Gasteiger partial charge in [0.2, 0.25) is 0 Å². The molecule has 0 radical (unpaired) electrons. The number of carbonyl (C=O) groups excluding carboxylic acids is 2. The third-order valence-electron chi connectivity index (χ3n) is 1.75. The fourth-order valence-corrected chi connectivity index (χ4v) is 1.17. The number of esters is 1. The van der Waals surface area contributed by atoms with Crippen LogP contribution in [0, 0.1) is 5.82 Å². The molecule has 0 aliphatic rings. The van der Waals surface area contributed by atoms with Gasteiger partial charge in [-0.3, -0.25) is 4.79 Å². The summed E-state index contributed by atoms with van der Waals surface area (Å²) in [5.41, 5.74) is 0.150. The highest BCUT2D eigenvalue weighted by atomic mass is 19.1. The van der Waals surface area contributed by atoms with E-state index in [1.807, 2.05) is 0 Å². The Labute approximate surface area is 98.3 Å². The van der Waals surface area contributed by atoms with Crippen LogP contribution >= 0.6 is 0 Å². The Hall–Kier alpha value is -1.91. The van der Waals surface area contributed by atoms with Gasteiger partial charge in [-0.05, 0) is 26.0 Å². The molecule has 0 saturated carbocycles. The maximum absolute atomic E-state index is 13.0. The average molecular weight is 240 g/mol. The number of ether oxygens (including phenoxy) is 2. The minimum absolute atomic E-state index is 0.118. The summed E-state index contributed by atoms with van der Waals surface area (Å²) in [5.74, 6) is -1.02. The number of hydrogen-bond donors (Lipinski definition) is 0. The van der Waals surface area contributed by atoms with E-state index in [0.29, 0.717) is 6.29 Å². The minimum Gasteiger partial charge on any atom is -0.482 e. The van der Waals surface area contributed by atoms with Crippen molar-refractivity contribution in [2.24, 2.45) is 0 Å². The van der Waals surface area contributed by atoms with Crippen molar-refractivity contribution in [3.63, 3.8) is 0 Å². The smallest absolute Gasteiger partial charge is 0.344 e. The van der Waals surface area contributed by atoms with Crippen LogP contribution in [0.5, 0.6) is 5.75 Å². The highest BCUT2D eigenvalue weighted by Crippen LogP contribution is 2.15. The first-order valence-electron chi connectivity index (χ1n) is 5.09. The van der Waals surface area contributed by atoms with E-state index in [0.717, 1.165) is 12.1 Å². The molecule has 0 N–H and O–H groups in total. The molecule has 0 amide bonds. The number of halogens is 1. The molecule has 17 heavy (non-hydrogen) atoms. The van der Waals surface area contributed by atoms with Crippen molar-refractivity contribution in [1.82, 2.24) is 0 Å². The van der Waals surface area contributed by atoms with Crippen LogP contribution in [0.1, 0.15) is 24.2 Å². The third kappa shape index (κ3) is 4.63. The zero-order valence-electron chi connectivity index (χ0n) is 9.60. The Kier molecular flexibility index (Phi) is 4.63. The van der Waals surface area contributed by atoms with Gasteiger partial charge in [0.15, 0.2) is 6.61 Å². The summed E-state index contributed by atoms with van der Waals surface area (Å²) in [7, 11) is 0. The monoisotopic (exact) mass is 240 g/mol. The summed E-state index contributed by atoms with van der Waals surface area (Å²) in [4.78, 5) is 21.6. The number of rotatable bonds is 5. The van der Waals surface area contributed by atoms with Gasteiger partial charge in [0, 0.05) is 11.6 Å². The Morgan fingerprint density at radius 1 is 1.41 bits per heavy atom. The Morgan fingerprint density at radius 2 is 2.12 bits per heavy atom. The lowest BCUT2D eigenvalue weighted by Gasteiger charge is -2.09. The van der Waals surface area contributed by atoms with Crippen molar-refractivity contribution in [3.05, 3.63) is 29.6 Å². The maximum Gasteiger partial charge on any atom is 0.344 e. The normalized spacial score (nSPS) is 10.1. The van der Waals surface area contributed by atoms with E-state index in [2.05, 4.69) is 0 Å². The fourth-order valence-electron chi connectivity index (χ4n) is 1.17. The zero-order valence-corrected chi connectivity index (χ0v) is 9.60. The number of hydrogen-bond acceptors (Lipinski definition) is 4. The molecular weight excluding hydrogens is 227 g/mol. The van der Waals surface area contributed by atoms with Crippen LogP contribution in [0.2, 0.25) is 0 Å². The lowest BCUT2D eigenvalue weighted by Crippen LogP contribution is -2.18.